The molecule has 2 heteroatoms. The third kappa shape index (κ3) is 2.49. The monoisotopic (exact) mass is 434 g/mol. The second-order valence-corrected chi connectivity index (χ2v) is 11.2. The van der Waals surface area contributed by atoms with Gasteiger partial charge in [-0.1, -0.05) is 78.3 Å². The van der Waals surface area contributed by atoms with E-state index in [4.69, 9.17) is 0 Å². The molecule has 0 fully saturated rings. The quantitative estimate of drug-likeness (QED) is 0.521. The second-order valence-electron chi connectivity index (χ2n) is 8.40. The number of thioether (sulfide) groups is 1. The Kier molecular flexibility index (Phi) is 3.90. The van der Waals surface area contributed by atoms with Crippen LogP contribution in [0.4, 0.5) is 0 Å². The molecule has 136 valence electrons. The van der Waals surface area contributed by atoms with E-state index in [1.54, 1.807) is 0 Å². The number of allylic oxidation sites excluding steroid dienone is 2. The van der Waals surface area contributed by atoms with Gasteiger partial charge in [0.05, 0.1) is 4.16 Å². The third-order valence-electron chi connectivity index (χ3n) is 6.42. The molecule has 0 aromatic heterocycles. The van der Waals surface area contributed by atoms with E-state index in [1.807, 2.05) is 11.8 Å². The molecule has 0 saturated carbocycles. The van der Waals surface area contributed by atoms with Crippen molar-refractivity contribution >= 4 is 51.5 Å². The topological polar surface area (TPSA) is 0 Å². The van der Waals surface area contributed by atoms with Crippen molar-refractivity contribution in [3.05, 3.63) is 74.7 Å². The summed E-state index contributed by atoms with van der Waals surface area (Å²) in [5, 5.41) is 2.85. The molecule has 3 aliphatic rings. The number of hydrogen-bond acceptors (Lipinski definition) is 1. The highest BCUT2D eigenvalue weighted by Gasteiger charge is 2.38. The molecule has 1 aliphatic heterocycles. The van der Waals surface area contributed by atoms with E-state index in [1.165, 1.54) is 48.7 Å². The molecule has 2 aliphatic carbocycles. The van der Waals surface area contributed by atoms with Gasteiger partial charge < -0.3 is 0 Å². The first-order chi connectivity index (χ1) is 12.9. The van der Waals surface area contributed by atoms with Crippen LogP contribution in [0.2, 0.25) is 0 Å². The maximum Gasteiger partial charge on any atom is 0.0836 e. The van der Waals surface area contributed by atoms with Gasteiger partial charge in [-0.25, -0.2) is 0 Å². The van der Waals surface area contributed by atoms with E-state index in [0.717, 1.165) is 0 Å². The zero-order valence-corrected chi connectivity index (χ0v) is 18.5. The minimum absolute atomic E-state index is 0.0381. The van der Waals surface area contributed by atoms with Crippen LogP contribution in [0.15, 0.2) is 46.9 Å². The van der Waals surface area contributed by atoms with Crippen molar-refractivity contribution in [3.8, 4) is 0 Å². The summed E-state index contributed by atoms with van der Waals surface area (Å²) in [5.41, 5.74) is 8.63. The van der Waals surface area contributed by atoms with Crippen LogP contribution < -0.4 is 10.4 Å². The fourth-order valence-electron chi connectivity index (χ4n) is 5.19. The van der Waals surface area contributed by atoms with E-state index >= 15 is 0 Å². The lowest BCUT2D eigenvalue weighted by Crippen LogP contribution is -2.28. The molecule has 0 bridgehead atoms. The molecule has 2 atom stereocenters. The molecule has 0 nitrogen and oxygen atoms in total. The number of benzene rings is 2. The van der Waals surface area contributed by atoms with Gasteiger partial charge in [0.25, 0.3) is 0 Å². The van der Waals surface area contributed by atoms with Crippen LogP contribution in [-0.4, -0.2) is 4.16 Å². The standard InChI is InChI=1S/C25H23BrS/c1-14-11-18-15(2)19-13-23(26)27-22(19)12-20(18)24(14)25(3,4)21-10-9-16-7-5-6-8-17(16)21/h5-13,21,23H,1-4H3. The first-order valence-electron chi connectivity index (χ1n) is 9.54. The summed E-state index contributed by atoms with van der Waals surface area (Å²) in [6.45, 7) is 9.41. The maximum absolute atomic E-state index is 3.76. The molecular formula is C25H23BrS. The van der Waals surface area contributed by atoms with Crippen molar-refractivity contribution in [2.45, 2.75) is 42.7 Å². The Bertz CT molecular complexity index is 1160. The smallest absolute Gasteiger partial charge is 0.0836 e. The van der Waals surface area contributed by atoms with Crippen molar-refractivity contribution in [2.24, 2.45) is 5.41 Å². The van der Waals surface area contributed by atoms with Gasteiger partial charge in [-0.3, -0.25) is 0 Å². The van der Waals surface area contributed by atoms with Crippen LogP contribution in [0.25, 0.3) is 23.8 Å². The average Bonchev–Trinajstić information content (AvgIpc) is 3.29. The fourth-order valence-corrected chi connectivity index (χ4v) is 7.04. The number of halogens is 1. The molecule has 2 aromatic rings. The predicted molar refractivity (Wildman–Crippen MR) is 123 cm³/mol. The summed E-state index contributed by atoms with van der Waals surface area (Å²) >= 11 is 5.67. The number of rotatable bonds is 2. The molecule has 27 heavy (non-hydrogen) atoms. The van der Waals surface area contributed by atoms with E-state index < -0.39 is 0 Å². The predicted octanol–water partition coefficient (Wildman–Crippen LogP) is 6.01. The van der Waals surface area contributed by atoms with Crippen LogP contribution in [-0.2, 0) is 0 Å². The van der Waals surface area contributed by atoms with Crippen molar-refractivity contribution in [2.75, 3.05) is 0 Å². The van der Waals surface area contributed by atoms with Crippen LogP contribution in [0.3, 0.4) is 0 Å². The van der Waals surface area contributed by atoms with Crippen molar-refractivity contribution < 1.29 is 0 Å². The van der Waals surface area contributed by atoms with Gasteiger partial charge in [0.2, 0.25) is 0 Å². The Hall–Kier alpha value is -1.51. The molecule has 2 aromatic carbocycles. The van der Waals surface area contributed by atoms with E-state index in [9.17, 15) is 0 Å². The zero-order valence-electron chi connectivity index (χ0n) is 16.1. The Balaban J connectivity index is 1.75. The van der Waals surface area contributed by atoms with Crippen LogP contribution in [0, 0.1) is 12.3 Å². The molecule has 0 radical (unpaired) electrons. The van der Waals surface area contributed by atoms with Crippen molar-refractivity contribution in [1.29, 1.82) is 0 Å². The summed E-state index contributed by atoms with van der Waals surface area (Å²) < 4.78 is 0.389. The summed E-state index contributed by atoms with van der Waals surface area (Å²) in [6, 6.07) is 11.3. The summed E-state index contributed by atoms with van der Waals surface area (Å²) in [6.07, 6.45) is 9.45. The lowest BCUT2D eigenvalue weighted by atomic mass is 9.69. The molecule has 0 saturated heterocycles. The Morgan fingerprint density at radius 1 is 1.11 bits per heavy atom. The van der Waals surface area contributed by atoms with Gasteiger partial charge in [-0.05, 0) is 63.8 Å². The molecule has 1 heterocycles. The summed E-state index contributed by atoms with van der Waals surface area (Å²) in [7, 11) is 0. The van der Waals surface area contributed by atoms with Gasteiger partial charge in [-0.15, -0.1) is 11.8 Å². The lowest BCUT2D eigenvalue weighted by molar-refractivity contribution is 0.447. The molecule has 5 rings (SSSR count). The third-order valence-corrected chi connectivity index (χ3v) is 8.20. The lowest BCUT2D eigenvalue weighted by Gasteiger charge is -2.34. The van der Waals surface area contributed by atoms with E-state index in [2.05, 4.69) is 98.3 Å². The molecule has 0 N–H and O–H groups in total. The Labute approximate surface area is 173 Å². The highest BCUT2D eigenvalue weighted by atomic mass is 79.9. The first-order valence-corrected chi connectivity index (χ1v) is 11.3. The van der Waals surface area contributed by atoms with E-state index in [-0.39, 0.29) is 5.41 Å². The summed E-state index contributed by atoms with van der Waals surface area (Å²) in [5.74, 6) is 0.412. The fraction of sp³-hybridized carbons (Fsp3) is 0.280. The first kappa shape index (κ1) is 17.6. The number of fused-ring (bicyclic) bond motifs is 3. The maximum atomic E-state index is 3.76. The Morgan fingerprint density at radius 3 is 2.70 bits per heavy atom. The highest BCUT2D eigenvalue weighted by Crippen LogP contribution is 2.50. The molecule has 2 unspecified atom stereocenters. The minimum Gasteiger partial charge on any atom is -0.106 e. The van der Waals surface area contributed by atoms with Gasteiger partial charge in [0, 0.05) is 16.2 Å². The van der Waals surface area contributed by atoms with Gasteiger partial charge >= 0.3 is 0 Å². The summed E-state index contributed by atoms with van der Waals surface area (Å²) in [4.78, 5) is 1.41. The second kappa shape index (κ2) is 5.99. The molecule has 0 amide bonds. The van der Waals surface area contributed by atoms with Crippen molar-refractivity contribution in [3.63, 3.8) is 0 Å². The largest absolute Gasteiger partial charge is 0.106 e. The normalized spacial score (nSPS) is 22.4. The highest BCUT2D eigenvalue weighted by molar-refractivity contribution is 9.11. The minimum atomic E-state index is 0.0381. The molecule has 0 spiro atoms. The van der Waals surface area contributed by atoms with Gasteiger partial charge in [0.15, 0.2) is 0 Å². The number of hydrogen-bond donors (Lipinski definition) is 0. The van der Waals surface area contributed by atoms with Crippen LogP contribution in [0.5, 0.6) is 0 Å². The van der Waals surface area contributed by atoms with Gasteiger partial charge in [-0.2, -0.15) is 0 Å². The van der Waals surface area contributed by atoms with Crippen LogP contribution >= 0.6 is 27.7 Å². The Morgan fingerprint density at radius 2 is 1.89 bits per heavy atom. The molecular weight excluding hydrogens is 412 g/mol. The van der Waals surface area contributed by atoms with Crippen molar-refractivity contribution in [1.82, 2.24) is 0 Å². The SMILES string of the molecule is CC1=Cc2c(C)c3c(cc2=C1C(C)(C)C1C=Cc2ccccc21)SC(Br)C=3. The number of alkyl halides is 1. The van der Waals surface area contributed by atoms with Gasteiger partial charge in [0.1, 0.15) is 0 Å². The van der Waals surface area contributed by atoms with E-state index in [0.29, 0.717) is 10.1 Å². The van der Waals surface area contributed by atoms with Crippen LogP contribution in [0.1, 0.15) is 48.9 Å². The zero-order chi connectivity index (χ0) is 18.9. The average molecular weight is 435 g/mol.